The summed E-state index contributed by atoms with van der Waals surface area (Å²) in [6.07, 6.45) is 0.824. The van der Waals surface area contributed by atoms with Gasteiger partial charge in [-0.25, -0.2) is 0 Å². The van der Waals surface area contributed by atoms with Crippen molar-refractivity contribution in [3.63, 3.8) is 0 Å². The molecule has 0 atom stereocenters. The number of hydrogen-bond donors (Lipinski definition) is 3. The fraction of sp³-hybridized carbons (Fsp3) is 0.412. The Bertz CT molecular complexity index is 744. The highest BCUT2D eigenvalue weighted by Gasteiger charge is 2.40. The van der Waals surface area contributed by atoms with Gasteiger partial charge in [0, 0.05) is 36.4 Å². The number of amides is 1. The van der Waals surface area contributed by atoms with Crippen LogP contribution in [0.2, 0.25) is 0 Å². The molecule has 1 fully saturated rings. The number of rotatable bonds is 4. The third kappa shape index (κ3) is 2.82. The van der Waals surface area contributed by atoms with Gasteiger partial charge in [0.1, 0.15) is 0 Å². The molecule has 3 N–H and O–H groups in total. The quantitative estimate of drug-likeness (QED) is 0.805. The first kappa shape index (κ1) is 15.6. The molecular formula is C17H20N2O4. The number of fused-ring (bicyclic) bond motifs is 1. The highest BCUT2D eigenvalue weighted by molar-refractivity contribution is 6.08. The minimum absolute atomic E-state index is 0.115. The second-order valence-corrected chi connectivity index (χ2v) is 6.05. The molecule has 0 radical (unpaired) electrons. The number of aryl methyl sites for hydroxylation is 1. The Kier molecular flexibility index (Phi) is 4.09. The summed E-state index contributed by atoms with van der Waals surface area (Å²) in [5.41, 5.74) is 1.32. The van der Waals surface area contributed by atoms with Crippen LogP contribution in [0.1, 0.15) is 28.9 Å². The molecule has 1 aliphatic rings. The number of para-hydroxylation sites is 1. The molecule has 0 spiro atoms. The van der Waals surface area contributed by atoms with Gasteiger partial charge < -0.3 is 20.1 Å². The summed E-state index contributed by atoms with van der Waals surface area (Å²) in [5, 5.41) is 13.2. The van der Waals surface area contributed by atoms with Crippen LogP contribution in [0, 0.1) is 12.3 Å². The maximum absolute atomic E-state index is 12.6. The summed E-state index contributed by atoms with van der Waals surface area (Å²) in [6, 6.07) is 7.58. The van der Waals surface area contributed by atoms with Gasteiger partial charge in [-0.05, 0) is 25.8 Å². The molecule has 1 aliphatic heterocycles. The molecule has 0 bridgehead atoms. The van der Waals surface area contributed by atoms with E-state index in [9.17, 15) is 14.7 Å². The number of aromatic nitrogens is 1. The number of ether oxygens (including phenoxy) is 1. The van der Waals surface area contributed by atoms with Crippen molar-refractivity contribution in [2.24, 2.45) is 5.41 Å². The van der Waals surface area contributed by atoms with E-state index in [0.717, 1.165) is 16.6 Å². The Labute approximate surface area is 133 Å². The van der Waals surface area contributed by atoms with E-state index in [-0.39, 0.29) is 12.5 Å². The SMILES string of the molecule is Cc1[nH]c2ccccc2c1C(=O)NCC1(C(=O)O)CCOCC1. The first-order chi connectivity index (χ1) is 11.0. The van der Waals surface area contributed by atoms with Crippen LogP contribution in [0.25, 0.3) is 10.9 Å². The molecule has 6 heteroatoms. The Morgan fingerprint density at radius 2 is 2.00 bits per heavy atom. The molecule has 0 aliphatic carbocycles. The van der Waals surface area contributed by atoms with Crippen molar-refractivity contribution in [3.8, 4) is 0 Å². The van der Waals surface area contributed by atoms with E-state index in [1.165, 1.54) is 0 Å². The van der Waals surface area contributed by atoms with Crippen LogP contribution in [-0.2, 0) is 9.53 Å². The predicted octanol–water partition coefficient (Wildman–Crippen LogP) is 2.09. The first-order valence-corrected chi connectivity index (χ1v) is 7.70. The van der Waals surface area contributed by atoms with Crippen molar-refractivity contribution in [3.05, 3.63) is 35.5 Å². The Morgan fingerprint density at radius 3 is 2.70 bits per heavy atom. The zero-order valence-corrected chi connectivity index (χ0v) is 13.0. The fourth-order valence-electron chi connectivity index (χ4n) is 3.14. The molecule has 0 unspecified atom stereocenters. The van der Waals surface area contributed by atoms with Gasteiger partial charge in [-0.2, -0.15) is 0 Å². The molecule has 1 amide bonds. The van der Waals surface area contributed by atoms with Gasteiger partial charge in [0.25, 0.3) is 5.91 Å². The molecule has 6 nitrogen and oxygen atoms in total. The van der Waals surface area contributed by atoms with Crippen LogP contribution in [0.5, 0.6) is 0 Å². The first-order valence-electron chi connectivity index (χ1n) is 7.70. The van der Waals surface area contributed by atoms with Gasteiger partial charge in [0.2, 0.25) is 0 Å². The highest BCUT2D eigenvalue weighted by Crippen LogP contribution is 2.30. The number of carbonyl (C=O) groups excluding carboxylic acids is 1. The highest BCUT2D eigenvalue weighted by atomic mass is 16.5. The van der Waals surface area contributed by atoms with Gasteiger partial charge in [0.05, 0.1) is 11.0 Å². The van der Waals surface area contributed by atoms with Crippen molar-refractivity contribution < 1.29 is 19.4 Å². The number of hydrogen-bond acceptors (Lipinski definition) is 3. The maximum atomic E-state index is 12.6. The van der Waals surface area contributed by atoms with Crippen LogP contribution >= 0.6 is 0 Å². The molecule has 1 aromatic heterocycles. The number of aromatic amines is 1. The molecule has 2 heterocycles. The molecule has 23 heavy (non-hydrogen) atoms. The van der Waals surface area contributed by atoms with E-state index in [2.05, 4.69) is 10.3 Å². The summed E-state index contributed by atoms with van der Waals surface area (Å²) < 4.78 is 5.25. The van der Waals surface area contributed by atoms with Crippen LogP contribution in [-0.4, -0.2) is 41.7 Å². The van der Waals surface area contributed by atoms with Crippen molar-refractivity contribution in [1.29, 1.82) is 0 Å². The van der Waals surface area contributed by atoms with E-state index in [4.69, 9.17) is 4.74 Å². The molecule has 0 saturated carbocycles. The lowest BCUT2D eigenvalue weighted by Crippen LogP contribution is -2.46. The lowest BCUT2D eigenvalue weighted by molar-refractivity contribution is -0.154. The standard InChI is InChI=1S/C17H20N2O4/c1-11-14(12-4-2-3-5-13(12)19-11)15(20)18-10-17(16(21)22)6-8-23-9-7-17/h2-5,19H,6-10H2,1H3,(H,18,20)(H,21,22). The summed E-state index contributed by atoms with van der Waals surface area (Å²) in [4.78, 5) is 27.4. The summed E-state index contributed by atoms with van der Waals surface area (Å²) in [5.74, 6) is -1.12. The van der Waals surface area contributed by atoms with Crippen molar-refractivity contribution in [2.45, 2.75) is 19.8 Å². The summed E-state index contributed by atoms with van der Waals surface area (Å²) in [6.45, 7) is 2.78. The van der Waals surface area contributed by atoms with Crippen LogP contribution in [0.4, 0.5) is 0 Å². The van der Waals surface area contributed by atoms with Crippen LogP contribution < -0.4 is 5.32 Å². The smallest absolute Gasteiger partial charge is 0.311 e. The number of carboxylic acid groups (broad SMARTS) is 1. The molecular weight excluding hydrogens is 296 g/mol. The van der Waals surface area contributed by atoms with Crippen molar-refractivity contribution >= 4 is 22.8 Å². The second-order valence-electron chi connectivity index (χ2n) is 6.05. The van der Waals surface area contributed by atoms with Crippen molar-refractivity contribution in [2.75, 3.05) is 19.8 Å². The van der Waals surface area contributed by atoms with Gasteiger partial charge in [0.15, 0.2) is 0 Å². The zero-order chi connectivity index (χ0) is 16.4. The number of carboxylic acids is 1. The van der Waals surface area contributed by atoms with Gasteiger partial charge in [-0.15, -0.1) is 0 Å². The van der Waals surface area contributed by atoms with Crippen molar-refractivity contribution in [1.82, 2.24) is 10.3 Å². The van der Waals surface area contributed by atoms with Crippen LogP contribution in [0.15, 0.2) is 24.3 Å². The maximum Gasteiger partial charge on any atom is 0.311 e. The van der Waals surface area contributed by atoms with E-state index < -0.39 is 11.4 Å². The topological polar surface area (TPSA) is 91.4 Å². The van der Waals surface area contributed by atoms with E-state index in [0.29, 0.717) is 31.6 Å². The number of nitrogens with one attached hydrogen (secondary N) is 2. The molecule has 1 aromatic carbocycles. The fourth-order valence-corrected chi connectivity index (χ4v) is 3.14. The third-order valence-corrected chi connectivity index (χ3v) is 4.61. The van der Waals surface area contributed by atoms with E-state index in [1.54, 1.807) is 0 Å². The number of benzene rings is 1. The zero-order valence-electron chi connectivity index (χ0n) is 13.0. The summed E-state index contributed by atoms with van der Waals surface area (Å²) >= 11 is 0. The van der Waals surface area contributed by atoms with Crippen LogP contribution in [0.3, 0.4) is 0 Å². The number of carbonyl (C=O) groups is 2. The largest absolute Gasteiger partial charge is 0.481 e. The number of H-pyrrole nitrogens is 1. The number of aliphatic carboxylic acids is 1. The molecule has 122 valence electrons. The molecule has 3 rings (SSSR count). The second kappa shape index (κ2) is 6.04. The minimum Gasteiger partial charge on any atom is -0.481 e. The van der Waals surface area contributed by atoms with E-state index >= 15 is 0 Å². The van der Waals surface area contributed by atoms with Gasteiger partial charge in [-0.3, -0.25) is 9.59 Å². The molecule has 2 aromatic rings. The average molecular weight is 316 g/mol. The average Bonchev–Trinajstić information content (AvgIpc) is 2.89. The lowest BCUT2D eigenvalue weighted by Gasteiger charge is -2.33. The minimum atomic E-state index is -0.937. The molecule has 1 saturated heterocycles. The van der Waals surface area contributed by atoms with Gasteiger partial charge in [-0.1, -0.05) is 18.2 Å². The van der Waals surface area contributed by atoms with E-state index in [1.807, 2.05) is 31.2 Å². The Morgan fingerprint density at radius 1 is 1.30 bits per heavy atom. The normalized spacial score (nSPS) is 17.1. The predicted molar refractivity (Wildman–Crippen MR) is 85.5 cm³/mol. The Balaban J connectivity index is 1.81. The Hall–Kier alpha value is -2.34. The lowest BCUT2D eigenvalue weighted by atomic mass is 9.80. The monoisotopic (exact) mass is 316 g/mol. The summed E-state index contributed by atoms with van der Waals surface area (Å²) in [7, 11) is 0. The third-order valence-electron chi connectivity index (χ3n) is 4.61. The van der Waals surface area contributed by atoms with Gasteiger partial charge >= 0.3 is 5.97 Å².